The number of aliphatic hydroxyl groups excluding tert-OH is 1. The molecule has 1 aromatic rings. The number of thiol groups is 1. The first kappa shape index (κ1) is 26.9. The van der Waals surface area contributed by atoms with Crippen LogP contribution in [0.15, 0.2) is 30.3 Å². The van der Waals surface area contributed by atoms with E-state index in [-0.39, 0.29) is 12.2 Å². The lowest BCUT2D eigenvalue weighted by Gasteiger charge is -2.24. The second-order valence-electron chi connectivity index (χ2n) is 6.85. The number of aliphatic carboxylic acids is 1. The minimum Gasteiger partial charge on any atom is -0.480 e. The van der Waals surface area contributed by atoms with E-state index >= 15 is 0 Å². The number of rotatable bonds is 13. The van der Waals surface area contributed by atoms with E-state index in [4.69, 9.17) is 16.6 Å². The zero-order chi connectivity index (χ0) is 24.3. The molecule has 0 aromatic heterocycles. The lowest BCUT2D eigenvalue weighted by molar-refractivity contribution is -0.143. The van der Waals surface area contributed by atoms with Crippen LogP contribution >= 0.6 is 12.6 Å². The Bertz CT molecular complexity index is 824. The molecule has 0 heterocycles. The van der Waals surface area contributed by atoms with Gasteiger partial charge in [-0.05, 0) is 5.56 Å². The summed E-state index contributed by atoms with van der Waals surface area (Å²) >= 11 is 4.01. The van der Waals surface area contributed by atoms with Crippen molar-refractivity contribution in [1.82, 2.24) is 16.0 Å². The molecule has 1 aromatic carbocycles. The monoisotopic (exact) mass is 469 g/mol. The number of hydrogen-bond donors (Lipinski definition) is 8. The van der Waals surface area contributed by atoms with E-state index in [1.165, 1.54) is 0 Å². The molecule has 32 heavy (non-hydrogen) atoms. The van der Waals surface area contributed by atoms with Crippen LogP contribution in [0, 0.1) is 0 Å². The van der Waals surface area contributed by atoms with Crippen molar-refractivity contribution in [2.75, 3.05) is 12.4 Å². The summed E-state index contributed by atoms with van der Waals surface area (Å²) in [6.45, 7) is -0.637. The Labute approximate surface area is 189 Å². The molecular formula is C19H27N5O7S. The van der Waals surface area contributed by atoms with Crippen LogP contribution in [-0.2, 0) is 30.4 Å². The van der Waals surface area contributed by atoms with Gasteiger partial charge in [0.25, 0.3) is 0 Å². The summed E-state index contributed by atoms with van der Waals surface area (Å²) in [5.41, 5.74) is 11.1. The number of carbonyl (C=O) groups is 5. The van der Waals surface area contributed by atoms with Gasteiger partial charge in [0.1, 0.15) is 24.2 Å². The van der Waals surface area contributed by atoms with E-state index < -0.39 is 66.8 Å². The smallest absolute Gasteiger partial charge is 0.326 e. The predicted octanol–water partition coefficient (Wildman–Crippen LogP) is -3.11. The summed E-state index contributed by atoms with van der Waals surface area (Å²) in [4.78, 5) is 59.8. The van der Waals surface area contributed by atoms with Gasteiger partial charge in [-0.15, -0.1) is 0 Å². The van der Waals surface area contributed by atoms with Crippen molar-refractivity contribution in [2.45, 2.75) is 37.0 Å². The number of nitrogens with two attached hydrogens (primary N) is 2. The third kappa shape index (κ3) is 8.91. The Hall–Kier alpha value is -3.16. The summed E-state index contributed by atoms with van der Waals surface area (Å²) in [6.07, 6.45) is -0.647. The third-order valence-electron chi connectivity index (χ3n) is 4.28. The van der Waals surface area contributed by atoms with Crippen LogP contribution < -0.4 is 27.4 Å². The van der Waals surface area contributed by atoms with Gasteiger partial charge in [0.2, 0.25) is 23.6 Å². The van der Waals surface area contributed by atoms with Crippen LogP contribution in [-0.4, -0.2) is 76.3 Å². The topological polar surface area (TPSA) is 214 Å². The average molecular weight is 470 g/mol. The first-order chi connectivity index (χ1) is 15.1. The lowest BCUT2D eigenvalue weighted by Crippen LogP contribution is -2.58. The number of benzene rings is 1. The molecule has 0 aliphatic carbocycles. The van der Waals surface area contributed by atoms with Gasteiger partial charge in [0, 0.05) is 12.2 Å². The molecule has 4 amide bonds. The van der Waals surface area contributed by atoms with E-state index in [0.717, 1.165) is 0 Å². The SMILES string of the molecule is NC(=O)CC(NC(=O)C(Cc1ccccc1)NC(=O)C(CS)NC(=O)C(N)CO)C(=O)O. The maximum atomic E-state index is 12.8. The Morgan fingerprint density at radius 1 is 0.906 bits per heavy atom. The molecule has 0 saturated heterocycles. The first-order valence-electron chi connectivity index (χ1n) is 9.52. The molecule has 0 aliphatic rings. The molecule has 176 valence electrons. The van der Waals surface area contributed by atoms with Gasteiger partial charge in [-0.1, -0.05) is 30.3 Å². The van der Waals surface area contributed by atoms with Gasteiger partial charge >= 0.3 is 5.97 Å². The first-order valence-corrected chi connectivity index (χ1v) is 10.2. The maximum Gasteiger partial charge on any atom is 0.326 e. The van der Waals surface area contributed by atoms with Gasteiger partial charge < -0.3 is 37.6 Å². The molecule has 0 aliphatic heterocycles. The molecule has 0 fully saturated rings. The van der Waals surface area contributed by atoms with Crippen molar-refractivity contribution >= 4 is 42.2 Å². The van der Waals surface area contributed by atoms with E-state index in [2.05, 4.69) is 28.6 Å². The quantitative estimate of drug-likeness (QED) is 0.138. The molecule has 4 atom stereocenters. The lowest BCUT2D eigenvalue weighted by atomic mass is 10.0. The van der Waals surface area contributed by atoms with Crippen LogP contribution in [0.1, 0.15) is 12.0 Å². The molecule has 0 spiro atoms. The zero-order valence-corrected chi connectivity index (χ0v) is 18.0. The standard InChI is InChI=1S/C19H27N5O7S/c20-11(8-25)16(27)24-14(9-32)18(29)22-12(6-10-4-2-1-3-5-10)17(28)23-13(19(30)31)7-15(21)26/h1-5,11-14,25,32H,6-9,20H2,(H2,21,26)(H,22,29)(H,23,28)(H,24,27)(H,30,31). The van der Waals surface area contributed by atoms with Crippen molar-refractivity contribution < 1.29 is 34.2 Å². The number of primary amides is 1. The second kappa shape index (κ2) is 13.3. The molecule has 12 nitrogen and oxygen atoms in total. The summed E-state index contributed by atoms with van der Waals surface area (Å²) in [5.74, 6) is -4.99. The van der Waals surface area contributed by atoms with Crippen molar-refractivity contribution in [2.24, 2.45) is 11.5 Å². The van der Waals surface area contributed by atoms with Gasteiger partial charge in [-0.3, -0.25) is 19.2 Å². The highest BCUT2D eigenvalue weighted by Gasteiger charge is 2.30. The largest absolute Gasteiger partial charge is 0.480 e. The van der Waals surface area contributed by atoms with Crippen LogP contribution in [0.3, 0.4) is 0 Å². The third-order valence-corrected chi connectivity index (χ3v) is 4.65. The van der Waals surface area contributed by atoms with Crippen LogP contribution in [0.4, 0.5) is 0 Å². The second-order valence-corrected chi connectivity index (χ2v) is 7.22. The van der Waals surface area contributed by atoms with Crippen molar-refractivity contribution in [3.05, 3.63) is 35.9 Å². The molecular weight excluding hydrogens is 442 g/mol. The summed E-state index contributed by atoms with van der Waals surface area (Å²) < 4.78 is 0. The summed E-state index contributed by atoms with van der Waals surface area (Å²) in [7, 11) is 0. The fourth-order valence-electron chi connectivity index (χ4n) is 2.56. The molecule has 0 saturated carbocycles. The minimum atomic E-state index is -1.59. The van der Waals surface area contributed by atoms with Crippen LogP contribution in [0.2, 0.25) is 0 Å². The van der Waals surface area contributed by atoms with Crippen LogP contribution in [0.5, 0.6) is 0 Å². The molecule has 4 unspecified atom stereocenters. The molecule has 0 bridgehead atoms. The zero-order valence-electron chi connectivity index (χ0n) is 17.1. The van der Waals surface area contributed by atoms with Crippen molar-refractivity contribution in [3.8, 4) is 0 Å². The van der Waals surface area contributed by atoms with E-state index in [9.17, 15) is 29.1 Å². The Kier molecular flexibility index (Phi) is 11.2. The molecule has 9 N–H and O–H groups in total. The number of carboxylic acid groups (broad SMARTS) is 1. The number of carbonyl (C=O) groups excluding carboxylic acids is 4. The van der Waals surface area contributed by atoms with Crippen molar-refractivity contribution in [3.63, 3.8) is 0 Å². The van der Waals surface area contributed by atoms with Gasteiger partial charge in [0.15, 0.2) is 0 Å². The molecule has 13 heteroatoms. The fourth-order valence-corrected chi connectivity index (χ4v) is 2.82. The Morgan fingerprint density at radius 3 is 1.94 bits per heavy atom. The van der Waals surface area contributed by atoms with Gasteiger partial charge in [-0.25, -0.2) is 4.79 Å². The average Bonchev–Trinajstić information content (AvgIpc) is 2.75. The fraction of sp³-hybridized carbons (Fsp3) is 0.421. The van der Waals surface area contributed by atoms with Crippen molar-refractivity contribution in [1.29, 1.82) is 0 Å². The Morgan fingerprint density at radius 2 is 1.44 bits per heavy atom. The number of hydrogen-bond acceptors (Lipinski definition) is 8. The highest BCUT2D eigenvalue weighted by molar-refractivity contribution is 7.80. The highest BCUT2D eigenvalue weighted by Crippen LogP contribution is 2.06. The molecule has 1 rings (SSSR count). The number of amides is 4. The summed E-state index contributed by atoms with van der Waals surface area (Å²) in [6, 6.07) is 3.31. The number of carboxylic acids is 1. The van der Waals surface area contributed by atoms with E-state index in [1.807, 2.05) is 0 Å². The molecule has 0 radical (unpaired) electrons. The van der Waals surface area contributed by atoms with E-state index in [0.29, 0.717) is 5.56 Å². The minimum absolute atomic E-state index is 0.00921. The number of nitrogens with one attached hydrogen (secondary N) is 3. The van der Waals surface area contributed by atoms with Gasteiger partial charge in [0.05, 0.1) is 13.0 Å². The van der Waals surface area contributed by atoms with E-state index in [1.54, 1.807) is 30.3 Å². The normalized spacial score (nSPS) is 14.3. The predicted molar refractivity (Wildman–Crippen MR) is 116 cm³/mol. The number of aliphatic hydroxyl groups is 1. The maximum absolute atomic E-state index is 12.8. The summed E-state index contributed by atoms with van der Waals surface area (Å²) in [5, 5.41) is 25.1. The van der Waals surface area contributed by atoms with Crippen LogP contribution in [0.25, 0.3) is 0 Å². The highest BCUT2D eigenvalue weighted by atomic mass is 32.1. The van der Waals surface area contributed by atoms with Gasteiger partial charge in [-0.2, -0.15) is 12.6 Å². The Balaban J connectivity index is 3.03.